The van der Waals surface area contributed by atoms with Crippen LogP contribution in [-0.2, 0) is 10.8 Å². The van der Waals surface area contributed by atoms with Gasteiger partial charge in [-0.1, -0.05) is 198 Å². The van der Waals surface area contributed by atoms with Gasteiger partial charge < -0.3 is 9.80 Å². The van der Waals surface area contributed by atoms with Crippen molar-refractivity contribution in [2.75, 3.05) is 9.80 Å². The summed E-state index contributed by atoms with van der Waals surface area (Å²) in [6.45, 7) is 9.67. The molecule has 0 amide bonds. The lowest BCUT2D eigenvalue weighted by Crippen LogP contribution is -2.29. The lowest BCUT2D eigenvalue weighted by atomic mass is 9.73. The molecular weight excluding hydrogens is 797 g/mol. The largest absolute Gasteiger partial charge is 0.314 e. The van der Waals surface area contributed by atoms with Crippen LogP contribution in [0.2, 0.25) is 0 Å². The minimum absolute atomic E-state index is 0.0441. The molecule has 0 spiro atoms. The zero-order chi connectivity index (χ0) is 44.6. The Kier molecular flexibility index (Phi) is 9.36. The number of benzene rings is 9. The highest BCUT2D eigenvalue weighted by atomic mass is 15.2. The normalized spacial score (nSPS) is 16.3. The Morgan fingerprint density at radius 1 is 0.424 bits per heavy atom. The van der Waals surface area contributed by atoms with E-state index in [1.807, 2.05) is 0 Å². The first-order valence-electron chi connectivity index (χ1n) is 23.4. The highest BCUT2D eigenvalue weighted by Crippen LogP contribution is 2.56. The molecule has 9 aromatic carbocycles. The van der Waals surface area contributed by atoms with Gasteiger partial charge in [0.15, 0.2) is 0 Å². The predicted molar refractivity (Wildman–Crippen MR) is 281 cm³/mol. The molecule has 66 heavy (non-hydrogen) atoms. The van der Waals surface area contributed by atoms with E-state index >= 15 is 0 Å². The van der Waals surface area contributed by atoms with E-state index in [0.717, 1.165) is 17.8 Å². The van der Waals surface area contributed by atoms with Crippen LogP contribution in [0, 0.1) is 5.92 Å². The molecule has 1 unspecified atom stereocenters. The van der Waals surface area contributed by atoms with Gasteiger partial charge in [0, 0.05) is 38.9 Å². The van der Waals surface area contributed by atoms with Crippen LogP contribution in [0.4, 0.5) is 28.4 Å². The van der Waals surface area contributed by atoms with Crippen molar-refractivity contribution in [3.63, 3.8) is 0 Å². The van der Waals surface area contributed by atoms with E-state index in [4.69, 9.17) is 0 Å². The van der Waals surface area contributed by atoms with E-state index in [9.17, 15) is 0 Å². The molecule has 0 radical (unpaired) electrons. The quantitative estimate of drug-likeness (QED) is 0.141. The first-order chi connectivity index (χ1) is 32.2. The molecule has 0 bridgehead atoms. The van der Waals surface area contributed by atoms with Gasteiger partial charge in [-0.25, -0.2) is 0 Å². The Hall–Kier alpha value is -7.68. The molecule has 0 aliphatic heterocycles. The van der Waals surface area contributed by atoms with E-state index in [1.54, 1.807) is 0 Å². The molecule has 0 saturated heterocycles. The second kappa shape index (κ2) is 15.5. The van der Waals surface area contributed by atoms with E-state index in [1.165, 1.54) is 94.4 Å². The molecule has 3 aliphatic carbocycles. The maximum atomic E-state index is 2.49. The summed E-state index contributed by atoms with van der Waals surface area (Å²) in [5, 5.41) is 4.99. The Morgan fingerprint density at radius 3 is 1.56 bits per heavy atom. The monoisotopic (exact) mass is 848 g/mol. The van der Waals surface area contributed by atoms with Crippen molar-refractivity contribution in [2.24, 2.45) is 5.92 Å². The summed E-state index contributed by atoms with van der Waals surface area (Å²) in [4.78, 5) is 4.91. The van der Waals surface area contributed by atoms with E-state index in [0.29, 0.717) is 5.92 Å². The Balaban J connectivity index is 0.840. The molecule has 2 heteroatoms. The number of fused-ring (bicyclic) bond motifs is 8. The number of hydrogen-bond acceptors (Lipinski definition) is 2. The van der Waals surface area contributed by atoms with Crippen LogP contribution in [0.1, 0.15) is 67.5 Å². The summed E-state index contributed by atoms with van der Waals surface area (Å²) < 4.78 is 0. The average Bonchev–Trinajstić information content (AvgIpc) is 3.72. The van der Waals surface area contributed by atoms with Crippen molar-refractivity contribution in [1.29, 1.82) is 0 Å². The third kappa shape index (κ3) is 6.46. The fourth-order valence-electron chi connectivity index (χ4n) is 11.4. The van der Waals surface area contributed by atoms with Crippen LogP contribution in [0.5, 0.6) is 0 Å². The number of anilines is 5. The maximum Gasteiger partial charge on any atom is 0.0540 e. The molecule has 2 nitrogen and oxygen atoms in total. The lowest BCUT2D eigenvalue weighted by Gasteiger charge is -2.36. The molecular formula is C64H52N2. The van der Waals surface area contributed by atoms with E-state index in [2.05, 4.69) is 262 Å². The summed E-state index contributed by atoms with van der Waals surface area (Å²) in [6, 6.07) is 73.6. The highest BCUT2D eigenvalue weighted by Gasteiger charge is 2.45. The first kappa shape index (κ1) is 39.9. The molecule has 9 aromatic rings. The number of nitrogens with zero attached hydrogens (tertiary/aromatic N) is 2. The Labute approximate surface area is 389 Å². The molecule has 0 heterocycles. The van der Waals surface area contributed by atoms with Crippen LogP contribution >= 0.6 is 0 Å². The lowest BCUT2D eigenvalue weighted by molar-refractivity contribution is 0.406. The molecule has 0 N–H and O–H groups in total. The number of rotatable bonds is 8. The van der Waals surface area contributed by atoms with Gasteiger partial charge in [0.05, 0.1) is 11.4 Å². The van der Waals surface area contributed by atoms with Gasteiger partial charge in [-0.15, -0.1) is 0 Å². The van der Waals surface area contributed by atoms with Gasteiger partial charge in [0.1, 0.15) is 0 Å². The van der Waals surface area contributed by atoms with Crippen LogP contribution < -0.4 is 9.80 Å². The Bertz CT molecular complexity index is 3450. The summed E-state index contributed by atoms with van der Waals surface area (Å²) in [6.07, 6.45) is 10.4. The van der Waals surface area contributed by atoms with Crippen molar-refractivity contribution >= 4 is 67.7 Å². The smallest absolute Gasteiger partial charge is 0.0540 e. The van der Waals surface area contributed by atoms with Gasteiger partial charge in [-0.2, -0.15) is 0 Å². The van der Waals surface area contributed by atoms with Gasteiger partial charge >= 0.3 is 0 Å². The predicted octanol–water partition coefficient (Wildman–Crippen LogP) is 17.4. The molecule has 0 aromatic heterocycles. The molecule has 1 atom stereocenters. The minimum Gasteiger partial charge on any atom is -0.314 e. The van der Waals surface area contributed by atoms with Crippen LogP contribution in [0.15, 0.2) is 218 Å². The second-order valence-electron chi connectivity index (χ2n) is 19.4. The topological polar surface area (TPSA) is 6.48 Å². The average molecular weight is 849 g/mol. The van der Waals surface area contributed by atoms with Crippen molar-refractivity contribution in [1.82, 2.24) is 0 Å². The molecule has 318 valence electrons. The second-order valence-corrected chi connectivity index (χ2v) is 19.4. The highest BCUT2D eigenvalue weighted by molar-refractivity contribution is 6.00. The maximum absolute atomic E-state index is 2.49. The minimum atomic E-state index is -0.177. The SMILES string of the molecule is CC1(C)c2cc(/C=C/c3ccc4c(c3)C(C)(C)C3CC(N(c5ccccc5)c5cccc6ccccc56)=CC=C43)ccc2-c2ccc(N(c3ccccc3)c3cccc4ccccc34)cc21. The van der Waals surface area contributed by atoms with Gasteiger partial charge in [0.25, 0.3) is 0 Å². The third-order valence-corrected chi connectivity index (χ3v) is 14.9. The zero-order valence-corrected chi connectivity index (χ0v) is 38.0. The van der Waals surface area contributed by atoms with E-state index < -0.39 is 0 Å². The van der Waals surface area contributed by atoms with Crippen LogP contribution in [0.25, 0.3) is 50.4 Å². The number of allylic oxidation sites excluding steroid dienone is 4. The van der Waals surface area contributed by atoms with Gasteiger partial charge in [-0.05, 0) is 133 Å². The number of para-hydroxylation sites is 2. The number of hydrogen-bond donors (Lipinski definition) is 0. The first-order valence-corrected chi connectivity index (χ1v) is 23.4. The van der Waals surface area contributed by atoms with Crippen molar-refractivity contribution in [3.05, 3.63) is 251 Å². The van der Waals surface area contributed by atoms with Crippen LogP contribution in [-0.4, -0.2) is 0 Å². The molecule has 3 aliphatic rings. The third-order valence-electron chi connectivity index (χ3n) is 14.9. The van der Waals surface area contributed by atoms with Crippen molar-refractivity contribution in [3.8, 4) is 11.1 Å². The zero-order valence-electron chi connectivity index (χ0n) is 38.0. The van der Waals surface area contributed by atoms with Crippen molar-refractivity contribution in [2.45, 2.75) is 44.9 Å². The summed E-state index contributed by atoms with van der Waals surface area (Å²) >= 11 is 0. The van der Waals surface area contributed by atoms with Gasteiger partial charge in [-0.3, -0.25) is 0 Å². The molecule has 0 saturated carbocycles. The molecule has 12 rings (SSSR count). The summed E-state index contributed by atoms with van der Waals surface area (Å²) in [5.41, 5.74) is 19.1. The summed E-state index contributed by atoms with van der Waals surface area (Å²) in [7, 11) is 0. The summed E-state index contributed by atoms with van der Waals surface area (Å²) in [5.74, 6) is 0.362. The molecule has 0 fully saturated rings. The van der Waals surface area contributed by atoms with Crippen molar-refractivity contribution < 1.29 is 0 Å². The Morgan fingerprint density at radius 2 is 0.924 bits per heavy atom. The fraction of sp³-hybridized carbons (Fsp3) is 0.125. The standard InChI is InChI=1S/C64H52N2/c1-63(2)57-39-43(31-35-53(57)55-37-33-49(41-59(55)63)65(47-21-7-5-8-22-47)61-27-15-19-45-17-11-13-25-51(45)61)29-30-44-32-36-54-56-38-34-50(42-60(56)64(3,4)58(54)40-44)66(48-23-9-6-10-24-48)62-28-16-20-46-18-12-14-26-52(46)62/h5-41,60H,42H2,1-4H3/b30-29+. The van der Waals surface area contributed by atoms with E-state index in [-0.39, 0.29) is 10.8 Å². The van der Waals surface area contributed by atoms with Gasteiger partial charge in [0.2, 0.25) is 0 Å². The fourth-order valence-corrected chi connectivity index (χ4v) is 11.4. The van der Waals surface area contributed by atoms with Crippen LogP contribution in [0.3, 0.4) is 0 Å².